The summed E-state index contributed by atoms with van der Waals surface area (Å²) in [5.41, 5.74) is 1.71. The van der Waals surface area contributed by atoms with Gasteiger partial charge >= 0.3 is 0 Å². The first-order chi connectivity index (χ1) is 9.99. The van der Waals surface area contributed by atoms with Crippen LogP contribution in [0.15, 0.2) is 53.7 Å². The molecule has 0 saturated carbocycles. The van der Waals surface area contributed by atoms with E-state index in [1.807, 2.05) is 12.1 Å². The van der Waals surface area contributed by atoms with Crippen molar-refractivity contribution in [3.63, 3.8) is 0 Å². The molecule has 2 rings (SSSR count). The Morgan fingerprint density at radius 1 is 1.14 bits per heavy atom. The normalized spacial score (nSPS) is 13.0. The number of hydrogen-bond donors (Lipinski definition) is 2. The highest BCUT2D eigenvalue weighted by atomic mass is 32.2. The molecule has 21 heavy (non-hydrogen) atoms. The summed E-state index contributed by atoms with van der Waals surface area (Å²) in [6, 6.07) is 9.93. The van der Waals surface area contributed by atoms with E-state index in [-0.39, 0.29) is 4.90 Å². The van der Waals surface area contributed by atoms with Gasteiger partial charge in [-0.1, -0.05) is 12.1 Å². The monoisotopic (exact) mass is 306 g/mol. The van der Waals surface area contributed by atoms with Gasteiger partial charge in [0.05, 0.1) is 11.0 Å². The second kappa shape index (κ2) is 6.80. The van der Waals surface area contributed by atoms with Crippen molar-refractivity contribution in [2.75, 3.05) is 6.54 Å². The number of aliphatic hydroxyl groups is 1. The second-order valence-electron chi connectivity index (χ2n) is 4.75. The SMILES string of the molecule is CC(O)c1ccc(S(=O)(=O)NCCc2ccncc2)cc1. The van der Waals surface area contributed by atoms with E-state index < -0.39 is 16.1 Å². The second-order valence-corrected chi connectivity index (χ2v) is 6.52. The molecular formula is C15H18N2O3S. The molecule has 5 nitrogen and oxygen atoms in total. The number of aromatic nitrogens is 1. The van der Waals surface area contributed by atoms with E-state index in [9.17, 15) is 13.5 Å². The lowest BCUT2D eigenvalue weighted by Crippen LogP contribution is -2.26. The zero-order chi connectivity index (χ0) is 15.3. The Labute approximate surface area is 124 Å². The maximum Gasteiger partial charge on any atom is 0.240 e. The third kappa shape index (κ3) is 4.35. The van der Waals surface area contributed by atoms with Gasteiger partial charge in [-0.2, -0.15) is 0 Å². The Balaban J connectivity index is 1.98. The third-order valence-corrected chi connectivity index (χ3v) is 4.60. The Morgan fingerprint density at radius 2 is 1.76 bits per heavy atom. The van der Waals surface area contributed by atoms with Crippen molar-refractivity contribution in [2.24, 2.45) is 0 Å². The molecule has 0 spiro atoms. The maximum atomic E-state index is 12.1. The number of hydrogen-bond acceptors (Lipinski definition) is 4. The van der Waals surface area contributed by atoms with Gasteiger partial charge in [0.2, 0.25) is 10.0 Å². The first-order valence-corrected chi connectivity index (χ1v) is 8.14. The van der Waals surface area contributed by atoms with Crippen LogP contribution < -0.4 is 4.72 Å². The molecule has 1 aromatic heterocycles. The topological polar surface area (TPSA) is 79.3 Å². The molecule has 2 N–H and O–H groups in total. The van der Waals surface area contributed by atoms with Crippen LogP contribution in [-0.4, -0.2) is 25.1 Å². The van der Waals surface area contributed by atoms with Crippen LogP contribution in [0.1, 0.15) is 24.2 Å². The molecule has 0 amide bonds. The summed E-state index contributed by atoms with van der Waals surface area (Å²) >= 11 is 0. The van der Waals surface area contributed by atoms with Crippen LogP contribution in [0.3, 0.4) is 0 Å². The average Bonchev–Trinajstić information content (AvgIpc) is 2.48. The highest BCUT2D eigenvalue weighted by molar-refractivity contribution is 7.89. The van der Waals surface area contributed by atoms with Crippen LogP contribution in [0, 0.1) is 0 Å². The largest absolute Gasteiger partial charge is 0.389 e. The molecule has 0 fully saturated rings. The zero-order valence-corrected chi connectivity index (χ0v) is 12.5. The van der Waals surface area contributed by atoms with E-state index >= 15 is 0 Å². The summed E-state index contributed by atoms with van der Waals surface area (Å²) in [6.45, 7) is 1.96. The van der Waals surface area contributed by atoms with Crippen molar-refractivity contribution < 1.29 is 13.5 Å². The van der Waals surface area contributed by atoms with Gasteiger partial charge in [0.25, 0.3) is 0 Å². The van der Waals surface area contributed by atoms with Gasteiger partial charge in [0, 0.05) is 18.9 Å². The fraction of sp³-hybridized carbons (Fsp3) is 0.267. The predicted molar refractivity (Wildman–Crippen MR) is 80.2 cm³/mol. The number of aliphatic hydroxyl groups excluding tert-OH is 1. The Hall–Kier alpha value is -1.76. The van der Waals surface area contributed by atoms with Crippen LogP contribution in [-0.2, 0) is 16.4 Å². The highest BCUT2D eigenvalue weighted by Crippen LogP contribution is 2.15. The van der Waals surface area contributed by atoms with Crippen LogP contribution in [0.4, 0.5) is 0 Å². The van der Waals surface area contributed by atoms with Crippen molar-refractivity contribution in [1.82, 2.24) is 9.71 Å². The summed E-state index contributed by atoms with van der Waals surface area (Å²) in [7, 11) is -3.52. The van der Waals surface area contributed by atoms with Gasteiger partial charge in [-0.05, 0) is 48.7 Å². The van der Waals surface area contributed by atoms with Crippen LogP contribution in [0.5, 0.6) is 0 Å². The quantitative estimate of drug-likeness (QED) is 0.850. The minimum absolute atomic E-state index is 0.196. The van der Waals surface area contributed by atoms with Crippen molar-refractivity contribution in [1.29, 1.82) is 0 Å². The summed E-state index contributed by atoms with van der Waals surface area (Å²) in [5, 5.41) is 9.41. The smallest absolute Gasteiger partial charge is 0.240 e. The maximum absolute atomic E-state index is 12.1. The van der Waals surface area contributed by atoms with Crippen molar-refractivity contribution in [3.05, 3.63) is 59.9 Å². The van der Waals surface area contributed by atoms with Crippen molar-refractivity contribution >= 4 is 10.0 Å². The summed E-state index contributed by atoms with van der Waals surface area (Å²) < 4.78 is 26.8. The number of nitrogens with zero attached hydrogens (tertiary/aromatic N) is 1. The third-order valence-electron chi connectivity index (χ3n) is 3.13. The molecule has 1 atom stereocenters. The Bertz CT molecular complexity index is 668. The molecule has 0 bridgehead atoms. The molecule has 0 aliphatic carbocycles. The number of nitrogens with one attached hydrogen (secondary N) is 1. The Kier molecular flexibility index (Phi) is 5.06. The number of benzene rings is 1. The van der Waals surface area contributed by atoms with Gasteiger partial charge in [-0.3, -0.25) is 4.98 Å². The van der Waals surface area contributed by atoms with Crippen LogP contribution in [0.2, 0.25) is 0 Å². The number of sulfonamides is 1. The summed E-state index contributed by atoms with van der Waals surface area (Å²) in [4.78, 5) is 4.11. The molecule has 0 aliphatic rings. The number of pyridine rings is 1. The molecule has 1 unspecified atom stereocenters. The van der Waals surface area contributed by atoms with E-state index in [0.717, 1.165) is 5.56 Å². The fourth-order valence-electron chi connectivity index (χ4n) is 1.89. The first kappa shape index (κ1) is 15.6. The zero-order valence-electron chi connectivity index (χ0n) is 11.7. The standard InChI is InChI=1S/C15H18N2O3S/c1-12(18)14-2-4-15(5-3-14)21(19,20)17-11-8-13-6-9-16-10-7-13/h2-7,9-10,12,17-18H,8,11H2,1H3. The highest BCUT2D eigenvalue weighted by Gasteiger charge is 2.13. The minimum atomic E-state index is -3.52. The van der Waals surface area contributed by atoms with Gasteiger partial charge in [0.15, 0.2) is 0 Å². The lowest BCUT2D eigenvalue weighted by Gasteiger charge is -2.09. The van der Waals surface area contributed by atoms with Gasteiger partial charge in [-0.25, -0.2) is 13.1 Å². The van der Waals surface area contributed by atoms with E-state index in [4.69, 9.17) is 0 Å². The van der Waals surface area contributed by atoms with E-state index in [1.54, 1.807) is 31.5 Å². The fourth-order valence-corrected chi connectivity index (χ4v) is 2.92. The van der Waals surface area contributed by atoms with E-state index in [1.165, 1.54) is 12.1 Å². The molecule has 0 aliphatic heterocycles. The van der Waals surface area contributed by atoms with Gasteiger partial charge in [-0.15, -0.1) is 0 Å². The van der Waals surface area contributed by atoms with Crippen molar-refractivity contribution in [3.8, 4) is 0 Å². The minimum Gasteiger partial charge on any atom is -0.389 e. The lowest BCUT2D eigenvalue weighted by molar-refractivity contribution is 0.199. The summed E-state index contributed by atoms with van der Waals surface area (Å²) in [5.74, 6) is 0. The van der Waals surface area contributed by atoms with E-state index in [0.29, 0.717) is 18.5 Å². The van der Waals surface area contributed by atoms with Crippen LogP contribution >= 0.6 is 0 Å². The average molecular weight is 306 g/mol. The predicted octanol–water partition coefficient (Wildman–Crippen LogP) is 1.66. The molecule has 0 saturated heterocycles. The molecule has 2 aromatic rings. The molecule has 0 radical (unpaired) electrons. The van der Waals surface area contributed by atoms with Crippen molar-refractivity contribution in [2.45, 2.75) is 24.3 Å². The van der Waals surface area contributed by atoms with Crippen LogP contribution in [0.25, 0.3) is 0 Å². The molecule has 112 valence electrons. The molecule has 1 aromatic carbocycles. The molecule has 6 heteroatoms. The van der Waals surface area contributed by atoms with E-state index in [2.05, 4.69) is 9.71 Å². The van der Waals surface area contributed by atoms with Gasteiger partial charge in [0.1, 0.15) is 0 Å². The first-order valence-electron chi connectivity index (χ1n) is 6.65. The van der Waals surface area contributed by atoms with Gasteiger partial charge < -0.3 is 5.11 Å². The lowest BCUT2D eigenvalue weighted by atomic mass is 10.1. The molecular weight excluding hydrogens is 288 g/mol. The summed E-state index contributed by atoms with van der Waals surface area (Å²) in [6.07, 6.45) is 3.35. The number of rotatable bonds is 6. The Morgan fingerprint density at radius 3 is 2.33 bits per heavy atom. The molecule has 1 heterocycles.